The molecule has 0 saturated heterocycles. The summed E-state index contributed by atoms with van der Waals surface area (Å²) in [6.45, 7) is 4.51. The van der Waals surface area contributed by atoms with Crippen LogP contribution < -0.4 is 5.32 Å². The van der Waals surface area contributed by atoms with Gasteiger partial charge in [-0.05, 0) is 48.7 Å². The Bertz CT molecular complexity index is 843. The highest BCUT2D eigenvalue weighted by molar-refractivity contribution is 6.42. The molecule has 156 valence electrons. The molecule has 0 radical (unpaired) electrons. The Kier molecular flexibility index (Phi) is 8.93. The molecular formula is C22H25Cl2FN2O2. The number of nitrogens with one attached hydrogen (secondary N) is 1. The van der Waals surface area contributed by atoms with Crippen molar-refractivity contribution in [3.8, 4) is 0 Å². The number of carbonyl (C=O) groups excluding carboxylic acids is 2. The number of hydrogen-bond donors (Lipinski definition) is 1. The predicted molar refractivity (Wildman–Crippen MR) is 114 cm³/mol. The van der Waals surface area contributed by atoms with Crippen LogP contribution in [0.15, 0.2) is 42.5 Å². The number of hydrogen-bond acceptors (Lipinski definition) is 2. The summed E-state index contributed by atoms with van der Waals surface area (Å²) < 4.78 is 13.2. The van der Waals surface area contributed by atoms with Gasteiger partial charge in [-0.25, -0.2) is 4.39 Å². The third kappa shape index (κ3) is 7.02. The van der Waals surface area contributed by atoms with E-state index in [1.165, 1.54) is 17.0 Å². The molecule has 0 bridgehead atoms. The smallest absolute Gasteiger partial charge is 0.242 e. The largest absolute Gasteiger partial charge is 0.354 e. The van der Waals surface area contributed by atoms with Crippen molar-refractivity contribution in [3.05, 3.63) is 69.5 Å². The standard InChI is InChI=1S/C22H25Cl2FN2O2/c1-3-4-11-26-22(29)15(2)27(14-17-7-10-19(23)20(24)12-17)21(28)13-16-5-8-18(25)9-6-16/h5-10,12,15H,3-4,11,13-14H2,1-2H3,(H,26,29)/t15-/m1/s1. The lowest BCUT2D eigenvalue weighted by molar-refractivity contribution is -0.140. The molecule has 2 rings (SSSR count). The number of unbranched alkanes of at least 4 members (excludes halogenated alkanes) is 1. The number of rotatable bonds is 9. The summed E-state index contributed by atoms with van der Waals surface area (Å²) in [7, 11) is 0. The van der Waals surface area contributed by atoms with E-state index in [1.54, 1.807) is 37.3 Å². The zero-order valence-electron chi connectivity index (χ0n) is 16.6. The van der Waals surface area contributed by atoms with Gasteiger partial charge in [-0.3, -0.25) is 9.59 Å². The zero-order chi connectivity index (χ0) is 21.4. The van der Waals surface area contributed by atoms with E-state index in [1.807, 2.05) is 6.92 Å². The molecule has 0 spiro atoms. The van der Waals surface area contributed by atoms with Crippen LogP contribution in [0.3, 0.4) is 0 Å². The first kappa shape index (κ1) is 23.2. The number of amides is 2. The third-order valence-electron chi connectivity index (χ3n) is 4.60. The van der Waals surface area contributed by atoms with Crippen LogP contribution in [-0.2, 0) is 22.6 Å². The normalized spacial score (nSPS) is 11.8. The molecule has 29 heavy (non-hydrogen) atoms. The second-order valence-electron chi connectivity index (χ2n) is 6.89. The molecule has 0 fully saturated rings. The van der Waals surface area contributed by atoms with Gasteiger partial charge in [0.1, 0.15) is 11.9 Å². The number of nitrogens with zero attached hydrogens (tertiary/aromatic N) is 1. The van der Waals surface area contributed by atoms with Gasteiger partial charge in [0.05, 0.1) is 16.5 Å². The van der Waals surface area contributed by atoms with E-state index >= 15 is 0 Å². The summed E-state index contributed by atoms with van der Waals surface area (Å²) in [5.41, 5.74) is 1.44. The van der Waals surface area contributed by atoms with E-state index < -0.39 is 6.04 Å². The average Bonchev–Trinajstić information content (AvgIpc) is 2.70. The van der Waals surface area contributed by atoms with E-state index in [9.17, 15) is 14.0 Å². The first-order valence-electron chi connectivity index (χ1n) is 9.57. The van der Waals surface area contributed by atoms with E-state index in [2.05, 4.69) is 5.32 Å². The minimum absolute atomic E-state index is 0.0637. The minimum atomic E-state index is -0.672. The Hall–Kier alpha value is -2.11. The fourth-order valence-electron chi connectivity index (χ4n) is 2.83. The second-order valence-corrected chi connectivity index (χ2v) is 7.71. The molecule has 2 aromatic carbocycles. The van der Waals surface area contributed by atoms with Crippen molar-refractivity contribution >= 4 is 35.0 Å². The van der Waals surface area contributed by atoms with E-state index in [0.717, 1.165) is 18.4 Å². The van der Waals surface area contributed by atoms with Crippen LogP contribution in [0.4, 0.5) is 4.39 Å². The SMILES string of the molecule is CCCCNC(=O)[C@@H](C)N(Cc1ccc(Cl)c(Cl)c1)C(=O)Cc1ccc(F)cc1. The molecule has 7 heteroatoms. The van der Waals surface area contributed by atoms with Crippen LogP contribution in [0.1, 0.15) is 37.8 Å². The molecule has 1 N–H and O–H groups in total. The highest BCUT2D eigenvalue weighted by Gasteiger charge is 2.26. The van der Waals surface area contributed by atoms with Crippen LogP contribution in [0, 0.1) is 5.82 Å². The van der Waals surface area contributed by atoms with Crippen molar-refractivity contribution in [2.24, 2.45) is 0 Å². The average molecular weight is 439 g/mol. The van der Waals surface area contributed by atoms with Gasteiger partial charge in [0.2, 0.25) is 11.8 Å². The number of benzene rings is 2. The lowest BCUT2D eigenvalue weighted by Gasteiger charge is -2.29. The van der Waals surface area contributed by atoms with Crippen LogP contribution in [0.5, 0.6) is 0 Å². The summed E-state index contributed by atoms with van der Waals surface area (Å²) in [6.07, 6.45) is 1.90. The van der Waals surface area contributed by atoms with E-state index in [4.69, 9.17) is 23.2 Å². The molecule has 0 aliphatic heterocycles. The maximum absolute atomic E-state index is 13.2. The van der Waals surface area contributed by atoms with Crippen molar-refractivity contribution < 1.29 is 14.0 Å². The highest BCUT2D eigenvalue weighted by Crippen LogP contribution is 2.24. The van der Waals surface area contributed by atoms with Gasteiger partial charge in [-0.2, -0.15) is 0 Å². The summed E-state index contributed by atoms with van der Waals surface area (Å²) >= 11 is 12.1. The van der Waals surface area contributed by atoms with Gasteiger partial charge >= 0.3 is 0 Å². The van der Waals surface area contributed by atoms with Crippen LogP contribution in [0.2, 0.25) is 10.0 Å². The Morgan fingerprint density at radius 2 is 1.72 bits per heavy atom. The topological polar surface area (TPSA) is 49.4 Å². The van der Waals surface area contributed by atoms with Crippen molar-refractivity contribution in [2.75, 3.05) is 6.54 Å². The lowest BCUT2D eigenvalue weighted by Crippen LogP contribution is -2.48. The molecule has 0 saturated carbocycles. The fourth-order valence-corrected chi connectivity index (χ4v) is 3.15. The highest BCUT2D eigenvalue weighted by atomic mass is 35.5. The van der Waals surface area contributed by atoms with Crippen LogP contribution in [-0.4, -0.2) is 29.3 Å². The molecule has 0 aliphatic carbocycles. The first-order chi connectivity index (χ1) is 13.8. The molecule has 2 aromatic rings. The third-order valence-corrected chi connectivity index (χ3v) is 5.34. The monoisotopic (exact) mass is 438 g/mol. The van der Waals surface area contributed by atoms with Gasteiger partial charge in [0.25, 0.3) is 0 Å². The molecule has 0 unspecified atom stereocenters. The van der Waals surface area contributed by atoms with Crippen molar-refractivity contribution in [1.29, 1.82) is 0 Å². The molecule has 2 amide bonds. The van der Waals surface area contributed by atoms with Gasteiger partial charge in [-0.15, -0.1) is 0 Å². The Balaban J connectivity index is 2.20. The summed E-state index contributed by atoms with van der Waals surface area (Å²) in [6, 6.07) is 10.2. The minimum Gasteiger partial charge on any atom is -0.354 e. The molecule has 0 aliphatic rings. The van der Waals surface area contributed by atoms with Crippen molar-refractivity contribution in [1.82, 2.24) is 10.2 Å². The maximum atomic E-state index is 13.2. The van der Waals surface area contributed by atoms with Crippen molar-refractivity contribution in [2.45, 2.75) is 45.7 Å². The fraction of sp³-hybridized carbons (Fsp3) is 0.364. The summed E-state index contributed by atoms with van der Waals surface area (Å²) in [5.74, 6) is -0.815. The summed E-state index contributed by atoms with van der Waals surface area (Å²) in [5, 5.41) is 3.67. The predicted octanol–water partition coefficient (Wildman–Crippen LogP) is 5.01. The molecule has 0 aromatic heterocycles. The van der Waals surface area contributed by atoms with Crippen LogP contribution >= 0.6 is 23.2 Å². The molecule has 0 heterocycles. The van der Waals surface area contributed by atoms with Crippen molar-refractivity contribution in [3.63, 3.8) is 0 Å². The zero-order valence-corrected chi connectivity index (χ0v) is 18.1. The quantitative estimate of drug-likeness (QED) is 0.559. The number of carbonyl (C=O) groups is 2. The first-order valence-corrected chi connectivity index (χ1v) is 10.3. The van der Waals surface area contributed by atoms with Crippen LogP contribution in [0.25, 0.3) is 0 Å². The van der Waals surface area contributed by atoms with Gasteiger partial charge in [0.15, 0.2) is 0 Å². The van der Waals surface area contributed by atoms with Gasteiger partial charge in [0, 0.05) is 13.1 Å². The Morgan fingerprint density at radius 3 is 2.34 bits per heavy atom. The molecule has 4 nitrogen and oxygen atoms in total. The van der Waals surface area contributed by atoms with Gasteiger partial charge in [-0.1, -0.05) is 54.7 Å². The molecule has 1 atom stereocenters. The molecular weight excluding hydrogens is 414 g/mol. The number of halogens is 3. The Labute approximate surface area is 181 Å². The second kappa shape index (κ2) is 11.2. The lowest BCUT2D eigenvalue weighted by atomic mass is 10.1. The maximum Gasteiger partial charge on any atom is 0.242 e. The summed E-state index contributed by atoms with van der Waals surface area (Å²) in [4.78, 5) is 27.1. The Morgan fingerprint density at radius 1 is 1.07 bits per heavy atom. The van der Waals surface area contributed by atoms with E-state index in [0.29, 0.717) is 22.2 Å². The van der Waals surface area contributed by atoms with Gasteiger partial charge < -0.3 is 10.2 Å². The van der Waals surface area contributed by atoms with E-state index in [-0.39, 0.29) is 30.6 Å².